The molecule has 0 saturated heterocycles. The van der Waals surface area contributed by atoms with Crippen LogP contribution in [0.25, 0.3) is 0 Å². The Morgan fingerprint density at radius 2 is 1.12 bits per heavy atom. The topological polar surface area (TPSA) is 21.7 Å². The van der Waals surface area contributed by atoms with E-state index in [0.717, 1.165) is 32.3 Å². The second-order valence-electron chi connectivity index (χ2n) is 10.8. The van der Waals surface area contributed by atoms with Gasteiger partial charge in [-0.2, -0.15) is 0 Å². The van der Waals surface area contributed by atoms with Crippen molar-refractivity contribution in [3.63, 3.8) is 0 Å². The fraction of sp³-hybridized carbons (Fsp3) is 0.935. The lowest BCUT2D eigenvalue weighted by molar-refractivity contribution is 0.0197. The third kappa shape index (κ3) is 24.7. The van der Waals surface area contributed by atoms with Crippen LogP contribution in [0.5, 0.6) is 0 Å². The minimum atomic E-state index is 0.370. The highest BCUT2D eigenvalue weighted by atomic mass is 16.5. The van der Waals surface area contributed by atoms with Crippen LogP contribution in [-0.4, -0.2) is 51.5 Å². The number of hydrogen-bond donors (Lipinski definition) is 0. The Morgan fingerprint density at radius 1 is 0.618 bits per heavy atom. The fourth-order valence-electron chi connectivity index (χ4n) is 4.25. The molecule has 2 unspecified atom stereocenters. The Kier molecular flexibility index (Phi) is 26.9. The van der Waals surface area contributed by atoms with Crippen molar-refractivity contribution in [2.24, 2.45) is 5.92 Å². The molecule has 0 aliphatic rings. The largest absolute Gasteiger partial charge is 0.380 e. The van der Waals surface area contributed by atoms with Gasteiger partial charge in [-0.25, -0.2) is 0 Å². The van der Waals surface area contributed by atoms with Crippen molar-refractivity contribution in [3.8, 4) is 0 Å². The summed E-state index contributed by atoms with van der Waals surface area (Å²) in [5, 5.41) is 0. The number of nitrogens with zero attached hydrogens (tertiary/aromatic N) is 1. The Bertz CT molecular complexity index is 410. The maximum absolute atomic E-state index is 5.97. The van der Waals surface area contributed by atoms with Crippen LogP contribution >= 0.6 is 0 Å². The summed E-state index contributed by atoms with van der Waals surface area (Å²) >= 11 is 0. The van der Waals surface area contributed by atoms with E-state index in [-0.39, 0.29) is 0 Å². The highest BCUT2D eigenvalue weighted by Gasteiger charge is 2.11. The first-order valence-corrected chi connectivity index (χ1v) is 15.1. The number of unbranched alkanes of at least 4 members (excludes halogenated alkanes) is 13. The van der Waals surface area contributed by atoms with Gasteiger partial charge in [-0.3, -0.25) is 0 Å². The van der Waals surface area contributed by atoms with Crippen molar-refractivity contribution < 1.29 is 9.47 Å². The highest BCUT2D eigenvalue weighted by molar-refractivity contribution is 4.83. The first kappa shape index (κ1) is 33.6. The monoisotopic (exact) mass is 481 g/mol. The van der Waals surface area contributed by atoms with Crippen molar-refractivity contribution in [2.45, 2.75) is 142 Å². The molecule has 204 valence electrons. The SMILES string of the molecule is CCCCCC=CCC(C)CCCCCCCCCOCC(COCCCCCCC)N(C)C. The van der Waals surface area contributed by atoms with Gasteiger partial charge in [0.25, 0.3) is 0 Å². The number of rotatable bonds is 27. The van der Waals surface area contributed by atoms with E-state index < -0.39 is 0 Å². The second kappa shape index (κ2) is 27.2. The zero-order valence-corrected chi connectivity index (χ0v) is 24.1. The maximum atomic E-state index is 5.97. The molecular weight excluding hydrogens is 418 g/mol. The number of likely N-dealkylation sites (N-methyl/N-ethyl adjacent to an activating group) is 1. The lowest BCUT2D eigenvalue weighted by Gasteiger charge is -2.24. The lowest BCUT2D eigenvalue weighted by Crippen LogP contribution is -2.37. The van der Waals surface area contributed by atoms with Gasteiger partial charge in [0.15, 0.2) is 0 Å². The van der Waals surface area contributed by atoms with Gasteiger partial charge < -0.3 is 14.4 Å². The van der Waals surface area contributed by atoms with Crippen molar-refractivity contribution in [3.05, 3.63) is 12.2 Å². The maximum Gasteiger partial charge on any atom is 0.0644 e. The molecule has 3 nitrogen and oxygen atoms in total. The van der Waals surface area contributed by atoms with E-state index in [9.17, 15) is 0 Å². The molecule has 0 bridgehead atoms. The lowest BCUT2D eigenvalue weighted by atomic mass is 9.98. The minimum absolute atomic E-state index is 0.370. The van der Waals surface area contributed by atoms with Crippen LogP contribution < -0.4 is 0 Å². The van der Waals surface area contributed by atoms with E-state index in [1.165, 1.54) is 116 Å². The van der Waals surface area contributed by atoms with Crippen LogP contribution in [0.1, 0.15) is 136 Å². The molecule has 0 N–H and O–H groups in total. The summed E-state index contributed by atoms with van der Waals surface area (Å²) in [7, 11) is 4.26. The zero-order chi connectivity index (χ0) is 25.1. The summed E-state index contributed by atoms with van der Waals surface area (Å²) in [6.07, 6.45) is 28.8. The van der Waals surface area contributed by atoms with Gasteiger partial charge >= 0.3 is 0 Å². The molecular formula is C31H63NO2. The number of hydrogen-bond acceptors (Lipinski definition) is 3. The van der Waals surface area contributed by atoms with Gasteiger partial charge in [0.05, 0.1) is 19.3 Å². The quantitative estimate of drug-likeness (QED) is 0.0862. The van der Waals surface area contributed by atoms with Crippen molar-refractivity contribution >= 4 is 0 Å². The zero-order valence-electron chi connectivity index (χ0n) is 24.1. The molecule has 2 atom stereocenters. The molecule has 0 aliphatic heterocycles. The van der Waals surface area contributed by atoms with E-state index in [4.69, 9.17) is 9.47 Å². The summed E-state index contributed by atoms with van der Waals surface area (Å²) < 4.78 is 11.9. The number of allylic oxidation sites excluding steroid dienone is 2. The molecule has 0 rings (SSSR count). The third-order valence-corrected chi connectivity index (χ3v) is 6.91. The molecule has 0 aliphatic carbocycles. The summed E-state index contributed by atoms with van der Waals surface area (Å²) in [5.41, 5.74) is 0. The fourth-order valence-corrected chi connectivity index (χ4v) is 4.25. The predicted octanol–water partition coefficient (Wildman–Crippen LogP) is 9.20. The average Bonchev–Trinajstić information content (AvgIpc) is 2.82. The molecule has 0 heterocycles. The van der Waals surface area contributed by atoms with Crippen LogP contribution in [0.2, 0.25) is 0 Å². The third-order valence-electron chi connectivity index (χ3n) is 6.91. The van der Waals surface area contributed by atoms with E-state index >= 15 is 0 Å². The van der Waals surface area contributed by atoms with Crippen molar-refractivity contribution in [2.75, 3.05) is 40.5 Å². The molecule has 3 heteroatoms. The van der Waals surface area contributed by atoms with Crippen molar-refractivity contribution in [1.82, 2.24) is 4.90 Å². The molecule has 0 amide bonds. The molecule has 0 aromatic carbocycles. The van der Waals surface area contributed by atoms with Crippen LogP contribution in [0.3, 0.4) is 0 Å². The van der Waals surface area contributed by atoms with Crippen LogP contribution in [0.15, 0.2) is 12.2 Å². The molecule has 0 saturated carbocycles. The summed E-state index contributed by atoms with van der Waals surface area (Å²) in [6.45, 7) is 10.3. The molecule has 0 fully saturated rings. The predicted molar refractivity (Wildman–Crippen MR) is 152 cm³/mol. The molecule has 34 heavy (non-hydrogen) atoms. The smallest absolute Gasteiger partial charge is 0.0644 e. The van der Waals surface area contributed by atoms with Gasteiger partial charge in [0.2, 0.25) is 0 Å². The first-order chi connectivity index (χ1) is 16.6. The van der Waals surface area contributed by atoms with E-state index in [1.807, 2.05) is 0 Å². The molecule has 0 spiro atoms. The molecule has 0 aromatic rings. The summed E-state index contributed by atoms with van der Waals surface area (Å²) in [4.78, 5) is 2.24. The average molecular weight is 482 g/mol. The Hall–Kier alpha value is -0.380. The first-order valence-electron chi connectivity index (χ1n) is 15.1. The Balaban J connectivity index is 3.47. The van der Waals surface area contributed by atoms with Gasteiger partial charge in [-0.15, -0.1) is 0 Å². The van der Waals surface area contributed by atoms with Gasteiger partial charge in [0, 0.05) is 13.2 Å². The van der Waals surface area contributed by atoms with Crippen LogP contribution in [0, 0.1) is 5.92 Å². The van der Waals surface area contributed by atoms with E-state index in [1.54, 1.807) is 0 Å². The Morgan fingerprint density at radius 3 is 1.68 bits per heavy atom. The highest BCUT2D eigenvalue weighted by Crippen LogP contribution is 2.16. The van der Waals surface area contributed by atoms with E-state index in [0.29, 0.717) is 6.04 Å². The van der Waals surface area contributed by atoms with Gasteiger partial charge in [-0.05, 0) is 52.1 Å². The van der Waals surface area contributed by atoms with Crippen LogP contribution in [0.4, 0.5) is 0 Å². The van der Waals surface area contributed by atoms with Crippen LogP contribution in [-0.2, 0) is 9.47 Å². The van der Waals surface area contributed by atoms with Gasteiger partial charge in [-0.1, -0.05) is 116 Å². The summed E-state index contributed by atoms with van der Waals surface area (Å²) in [5.74, 6) is 0.849. The standard InChI is InChI=1S/C31H63NO2/c1-6-8-10-12-16-20-24-30(3)25-21-17-14-13-15-19-23-27-34-29-31(32(4)5)28-33-26-22-18-11-9-7-2/h16,20,30-31H,6-15,17-19,21-29H2,1-5H3. The van der Waals surface area contributed by atoms with Gasteiger partial charge in [0.1, 0.15) is 0 Å². The van der Waals surface area contributed by atoms with E-state index in [2.05, 4.69) is 51.9 Å². The normalized spacial score (nSPS) is 13.8. The van der Waals surface area contributed by atoms with Crippen molar-refractivity contribution in [1.29, 1.82) is 0 Å². The second-order valence-corrected chi connectivity index (χ2v) is 10.8. The molecule has 0 aromatic heterocycles. The molecule has 0 radical (unpaired) electrons. The minimum Gasteiger partial charge on any atom is -0.380 e. The summed E-state index contributed by atoms with van der Waals surface area (Å²) in [6, 6.07) is 0.370. The Labute approximate surface area is 215 Å². The number of ether oxygens (including phenoxy) is 2.